The van der Waals surface area contributed by atoms with Crippen LogP contribution in [-0.2, 0) is 31.0 Å². The number of pyridine rings is 1. The number of nitrogens with one attached hydrogen (secondary N) is 1. The lowest BCUT2D eigenvalue weighted by atomic mass is 9.89. The molecule has 0 radical (unpaired) electrons. The van der Waals surface area contributed by atoms with Gasteiger partial charge in [0.05, 0.1) is 36.3 Å². The van der Waals surface area contributed by atoms with Crippen molar-refractivity contribution in [2.45, 2.75) is 103 Å². The van der Waals surface area contributed by atoms with Gasteiger partial charge in [-0.2, -0.15) is 12.7 Å². The number of unbranched alkanes of at least 4 members (excludes halogenated alkanes) is 3. The van der Waals surface area contributed by atoms with Crippen molar-refractivity contribution in [2.24, 2.45) is 17.3 Å². The molecule has 356 valence electrons. The summed E-state index contributed by atoms with van der Waals surface area (Å²) in [6.07, 6.45) is 0.861. The Labute approximate surface area is 388 Å². The Balaban J connectivity index is 1.39. The van der Waals surface area contributed by atoms with Gasteiger partial charge in [0.15, 0.2) is 5.78 Å². The van der Waals surface area contributed by atoms with Gasteiger partial charge in [-0.15, -0.1) is 37.7 Å². The summed E-state index contributed by atoms with van der Waals surface area (Å²) in [7, 11) is -0.0879. The van der Waals surface area contributed by atoms with E-state index in [2.05, 4.69) is 36.5 Å². The van der Waals surface area contributed by atoms with Crippen molar-refractivity contribution in [1.29, 1.82) is 0 Å². The van der Waals surface area contributed by atoms with Crippen LogP contribution in [-0.4, -0.2) is 91.4 Å². The van der Waals surface area contributed by atoms with E-state index in [1.807, 2.05) is 30.5 Å². The first-order valence-corrected chi connectivity index (χ1v) is 24.3. The Bertz CT molecular complexity index is 2560. The number of halogens is 3. The largest absolute Gasteiger partial charge is 0.573 e. The molecule has 1 saturated heterocycles. The van der Waals surface area contributed by atoms with E-state index in [-0.39, 0.29) is 38.1 Å². The van der Waals surface area contributed by atoms with Crippen molar-refractivity contribution in [3.63, 3.8) is 0 Å². The minimum Gasteiger partial charge on any atom is -0.496 e. The second-order valence-electron chi connectivity index (χ2n) is 17.6. The maximum absolute atomic E-state index is 15.1. The van der Waals surface area contributed by atoms with E-state index in [4.69, 9.17) is 19.4 Å². The smallest absolute Gasteiger partial charge is 0.496 e. The third-order valence-electron chi connectivity index (χ3n) is 12.4. The fourth-order valence-electron chi connectivity index (χ4n) is 8.57. The van der Waals surface area contributed by atoms with Crippen LogP contribution in [0.2, 0.25) is 0 Å². The topological polar surface area (TPSA) is 157 Å². The number of Topliss-reactive ketones (excluding diaryl/α,β-unsaturated/α-hetero) is 1. The lowest BCUT2D eigenvalue weighted by Crippen LogP contribution is -2.47. The van der Waals surface area contributed by atoms with Crippen molar-refractivity contribution >= 4 is 50.0 Å². The quantitative estimate of drug-likeness (QED) is 0.0595. The number of hydrogen-bond acceptors (Lipinski definition) is 11. The second-order valence-corrected chi connectivity index (χ2v) is 20.3. The number of rotatable bonds is 22. The normalized spacial score (nSPS) is 20.0. The van der Waals surface area contributed by atoms with E-state index in [0.717, 1.165) is 34.8 Å². The number of hydrogen-bond donors (Lipinski definition) is 1. The number of benzene rings is 2. The molecule has 0 spiro atoms. The van der Waals surface area contributed by atoms with Crippen molar-refractivity contribution in [3.05, 3.63) is 90.0 Å². The first kappa shape index (κ1) is 50.1. The highest BCUT2D eigenvalue weighted by atomic mass is 32.2. The van der Waals surface area contributed by atoms with Crippen LogP contribution in [0.5, 0.6) is 17.2 Å². The Morgan fingerprint density at radius 3 is 2.47 bits per heavy atom. The minimum absolute atomic E-state index is 0.0288. The average Bonchev–Trinajstić information content (AvgIpc) is 3.52. The third-order valence-corrected chi connectivity index (χ3v) is 14.7. The maximum atomic E-state index is 15.1. The van der Waals surface area contributed by atoms with Crippen LogP contribution in [0.4, 0.5) is 13.2 Å². The third kappa shape index (κ3) is 11.6. The fourth-order valence-corrected chi connectivity index (χ4v) is 10.1. The summed E-state index contributed by atoms with van der Waals surface area (Å²) in [5, 5.41) is 3.32. The molecular formula is C48H58F3N5O8S2. The van der Waals surface area contributed by atoms with Crippen LogP contribution in [0.25, 0.3) is 21.6 Å². The number of aromatic nitrogens is 2. The van der Waals surface area contributed by atoms with Gasteiger partial charge in [0, 0.05) is 55.3 Å². The van der Waals surface area contributed by atoms with Crippen molar-refractivity contribution < 1.29 is 50.2 Å². The zero-order valence-corrected chi connectivity index (χ0v) is 39.8. The van der Waals surface area contributed by atoms with Crippen LogP contribution in [0, 0.1) is 24.2 Å². The van der Waals surface area contributed by atoms with E-state index in [9.17, 15) is 31.2 Å². The van der Waals surface area contributed by atoms with Crippen molar-refractivity contribution in [2.75, 3.05) is 27.7 Å². The molecule has 1 aliphatic heterocycles. The molecule has 2 aromatic carbocycles. The number of carbonyl (C=O) groups excluding carboxylic acids is 3. The van der Waals surface area contributed by atoms with Crippen LogP contribution >= 0.6 is 11.3 Å². The predicted octanol–water partition coefficient (Wildman–Crippen LogP) is 9.12. The van der Waals surface area contributed by atoms with Gasteiger partial charge in [0.25, 0.3) is 0 Å². The fraction of sp³-hybridized carbons (Fsp3) is 0.479. The maximum Gasteiger partial charge on any atom is 0.573 e. The molecule has 4 aromatic rings. The summed E-state index contributed by atoms with van der Waals surface area (Å²) in [5.41, 5.74) is 1.85. The summed E-state index contributed by atoms with van der Waals surface area (Å²) in [5.74, 6) is -2.18. The molecule has 13 nitrogen and oxygen atoms in total. The molecule has 66 heavy (non-hydrogen) atoms. The SMILES string of the molecule is C=CCCCCC[C@H](Cc1cccc(OC(F)(F)F)c1)C(=O)N1C[C@H](Oc2cc(-c3nc(C(C)C)cs3)nc3c(C)c(OC)ccc23)C[C@H]1C(=O)C[C@]1(C(=O)NS(=O)(=O)N(C)C)C[C@H]1C=C. The van der Waals surface area contributed by atoms with Crippen LogP contribution in [0.1, 0.15) is 88.0 Å². The Hall–Kier alpha value is -5.33. The van der Waals surface area contributed by atoms with Crippen LogP contribution < -0.4 is 18.9 Å². The van der Waals surface area contributed by atoms with Crippen molar-refractivity contribution in [3.8, 4) is 28.0 Å². The molecule has 5 atom stereocenters. The van der Waals surface area contributed by atoms with E-state index < -0.39 is 69.3 Å². The van der Waals surface area contributed by atoms with Gasteiger partial charge in [-0.3, -0.25) is 14.4 Å². The Morgan fingerprint density at radius 2 is 1.83 bits per heavy atom. The van der Waals surface area contributed by atoms with Gasteiger partial charge < -0.3 is 19.1 Å². The predicted molar refractivity (Wildman–Crippen MR) is 247 cm³/mol. The number of fused-ring (bicyclic) bond motifs is 1. The van der Waals surface area contributed by atoms with Crippen LogP contribution in [0.3, 0.4) is 0 Å². The number of thiazole rings is 1. The summed E-state index contributed by atoms with van der Waals surface area (Å²) in [6, 6.07) is 9.84. The molecule has 0 unspecified atom stereocenters. The van der Waals surface area contributed by atoms with E-state index >= 15 is 4.79 Å². The molecule has 0 bridgehead atoms. The standard InChI is InChI=1S/C48H58F3N5O8S2/c1-9-11-12-13-14-17-32(21-31-16-15-18-34(22-31)64-48(49,50)51)45(58)56-27-35(23-39(56)40(57)26-47(25-33(47)10-2)46(59)54-66(60,61)55(6)7)63-42-24-37(44-53-38(28-65-44)29(3)4)52-43-30(5)41(62-8)20-19-36(42)43/h9-10,15-16,18-20,22,24,28-29,32-33,35,39H,1-2,11-14,17,21,23,25-27H2,3-8H3,(H,54,59)/t32-,33-,35-,39+,47-/m1/s1. The molecule has 1 aliphatic carbocycles. The van der Waals surface area contributed by atoms with Gasteiger partial charge in [0.2, 0.25) is 11.8 Å². The molecule has 3 heterocycles. The van der Waals surface area contributed by atoms with Crippen molar-refractivity contribution in [1.82, 2.24) is 23.9 Å². The van der Waals surface area contributed by atoms with Gasteiger partial charge in [-0.05, 0) is 80.7 Å². The Morgan fingerprint density at radius 1 is 1.08 bits per heavy atom. The number of methoxy groups -OCH3 is 1. The molecule has 1 saturated carbocycles. The monoisotopic (exact) mass is 953 g/mol. The number of ether oxygens (including phenoxy) is 3. The highest BCUT2D eigenvalue weighted by Crippen LogP contribution is 2.57. The molecule has 1 N–H and O–H groups in total. The lowest BCUT2D eigenvalue weighted by molar-refractivity contribution is -0.274. The van der Waals surface area contributed by atoms with Gasteiger partial charge in [-0.25, -0.2) is 14.7 Å². The summed E-state index contributed by atoms with van der Waals surface area (Å²) in [6.45, 7) is 13.6. The summed E-state index contributed by atoms with van der Waals surface area (Å²) < 4.78 is 85.0. The highest BCUT2D eigenvalue weighted by Gasteiger charge is 2.61. The van der Waals surface area contributed by atoms with Gasteiger partial charge >= 0.3 is 16.6 Å². The molecule has 2 aliphatic rings. The number of amides is 2. The zero-order valence-electron chi connectivity index (χ0n) is 38.2. The number of nitrogens with zero attached hydrogens (tertiary/aromatic N) is 4. The number of ketones is 1. The number of alkyl halides is 3. The molecular weight excluding hydrogens is 896 g/mol. The first-order valence-electron chi connectivity index (χ1n) is 22.0. The number of aryl methyl sites for hydroxylation is 1. The molecule has 2 aromatic heterocycles. The zero-order chi connectivity index (χ0) is 48.1. The molecule has 2 amide bonds. The van der Waals surface area contributed by atoms with Gasteiger partial charge in [0.1, 0.15) is 34.1 Å². The first-order chi connectivity index (χ1) is 31.2. The summed E-state index contributed by atoms with van der Waals surface area (Å²) in [4.78, 5) is 55.0. The number of carbonyl (C=O) groups is 3. The van der Waals surface area contributed by atoms with E-state index in [1.54, 1.807) is 19.2 Å². The number of allylic oxidation sites excluding steroid dienone is 2. The molecule has 18 heteroatoms. The molecule has 6 rings (SSSR count). The summed E-state index contributed by atoms with van der Waals surface area (Å²) >= 11 is 1.45. The minimum atomic E-state index is -4.92. The van der Waals surface area contributed by atoms with E-state index in [0.29, 0.717) is 51.5 Å². The highest BCUT2D eigenvalue weighted by molar-refractivity contribution is 7.87. The average molecular weight is 954 g/mol. The molecule has 2 fully saturated rings. The van der Waals surface area contributed by atoms with E-state index in [1.165, 1.54) is 54.6 Å². The number of likely N-dealkylation sites (tertiary alicyclic amines) is 1. The van der Waals surface area contributed by atoms with Crippen LogP contribution in [0.15, 0.2) is 73.2 Å². The van der Waals surface area contributed by atoms with Gasteiger partial charge in [-0.1, -0.05) is 51.0 Å². The Kier molecular flexibility index (Phi) is 15.7. The lowest BCUT2D eigenvalue weighted by Gasteiger charge is -2.29. The second kappa shape index (κ2) is 20.7.